The van der Waals surface area contributed by atoms with Gasteiger partial charge in [0.25, 0.3) is 0 Å². The van der Waals surface area contributed by atoms with Gasteiger partial charge in [-0.3, -0.25) is 0 Å². The maximum Gasteiger partial charge on any atom is 0.0940 e. The van der Waals surface area contributed by atoms with Crippen LogP contribution in [0.3, 0.4) is 0 Å². The van der Waals surface area contributed by atoms with Crippen LogP contribution in [0, 0.1) is 5.92 Å². The van der Waals surface area contributed by atoms with E-state index < -0.39 is 0 Å². The van der Waals surface area contributed by atoms with Crippen LogP contribution in [0.1, 0.15) is 30.2 Å². The van der Waals surface area contributed by atoms with Crippen molar-refractivity contribution in [2.75, 3.05) is 26.9 Å². The lowest BCUT2D eigenvalue weighted by molar-refractivity contribution is -0.103. The molecule has 1 aromatic heterocycles. The summed E-state index contributed by atoms with van der Waals surface area (Å²) in [6, 6.07) is 2.66. The van der Waals surface area contributed by atoms with E-state index in [2.05, 4.69) is 39.7 Å². The highest BCUT2D eigenvalue weighted by Crippen LogP contribution is 2.42. The van der Waals surface area contributed by atoms with E-state index in [1.165, 1.54) is 9.35 Å². The normalized spacial score (nSPS) is 32.8. The van der Waals surface area contributed by atoms with Gasteiger partial charge in [0, 0.05) is 40.4 Å². The first-order valence-corrected chi connectivity index (χ1v) is 8.53. The smallest absolute Gasteiger partial charge is 0.0940 e. The van der Waals surface area contributed by atoms with E-state index in [4.69, 9.17) is 9.47 Å². The summed E-state index contributed by atoms with van der Waals surface area (Å²) in [4.78, 5) is 1.41. The van der Waals surface area contributed by atoms with E-state index in [0.717, 1.165) is 39.1 Å². The Balaban J connectivity index is 1.76. The van der Waals surface area contributed by atoms with Gasteiger partial charge in [-0.1, -0.05) is 0 Å². The lowest BCUT2D eigenvalue weighted by Gasteiger charge is -2.40. The van der Waals surface area contributed by atoms with E-state index in [0.29, 0.717) is 12.0 Å². The van der Waals surface area contributed by atoms with Crippen LogP contribution in [-0.4, -0.2) is 32.5 Å². The number of rotatable bonds is 3. The van der Waals surface area contributed by atoms with Crippen molar-refractivity contribution in [1.29, 1.82) is 0 Å². The Bertz CT molecular complexity index is 431. The fourth-order valence-corrected chi connectivity index (χ4v) is 4.96. The maximum absolute atomic E-state index is 6.03. The quantitative estimate of drug-likeness (QED) is 0.910. The predicted molar refractivity (Wildman–Crippen MR) is 80.7 cm³/mol. The van der Waals surface area contributed by atoms with E-state index in [-0.39, 0.29) is 5.60 Å². The van der Waals surface area contributed by atoms with Crippen LogP contribution >= 0.6 is 27.3 Å². The van der Waals surface area contributed by atoms with Crippen LogP contribution in [0.5, 0.6) is 0 Å². The van der Waals surface area contributed by atoms with Gasteiger partial charge in [0.1, 0.15) is 0 Å². The third-order valence-corrected chi connectivity index (χ3v) is 6.05. The van der Waals surface area contributed by atoms with Crippen LogP contribution in [0.25, 0.3) is 0 Å². The summed E-state index contributed by atoms with van der Waals surface area (Å²) in [6.07, 6.45) is 3.28. The molecule has 1 spiro atoms. The third kappa shape index (κ3) is 2.90. The summed E-state index contributed by atoms with van der Waals surface area (Å²) < 4.78 is 12.8. The first kappa shape index (κ1) is 14.0. The molecule has 1 N–H and O–H groups in total. The Morgan fingerprint density at radius 1 is 1.53 bits per heavy atom. The van der Waals surface area contributed by atoms with Gasteiger partial charge in [0.05, 0.1) is 12.2 Å². The second-order valence-corrected chi connectivity index (χ2v) is 7.38. The van der Waals surface area contributed by atoms with Gasteiger partial charge < -0.3 is 14.8 Å². The maximum atomic E-state index is 6.03. The van der Waals surface area contributed by atoms with Crippen molar-refractivity contribution in [3.63, 3.8) is 0 Å². The van der Waals surface area contributed by atoms with Crippen molar-refractivity contribution < 1.29 is 9.47 Å². The zero-order valence-electron chi connectivity index (χ0n) is 11.2. The molecule has 0 saturated carbocycles. The highest BCUT2D eigenvalue weighted by atomic mass is 79.9. The first-order valence-electron chi connectivity index (χ1n) is 6.85. The summed E-state index contributed by atoms with van der Waals surface area (Å²) in [5.41, 5.74) is -0.00743. The van der Waals surface area contributed by atoms with Gasteiger partial charge in [-0.2, -0.15) is 0 Å². The standard InChI is InChI=1S/C14H20BrNO2S/c1-16-13(12-6-11(15)8-19-12)10-2-4-18-14(7-10)3-5-17-9-14/h6,8,10,13,16H,2-5,7,9H2,1H3. The highest BCUT2D eigenvalue weighted by molar-refractivity contribution is 9.10. The summed E-state index contributed by atoms with van der Waals surface area (Å²) in [5.74, 6) is 0.631. The molecule has 3 unspecified atom stereocenters. The molecule has 2 saturated heterocycles. The topological polar surface area (TPSA) is 30.5 Å². The van der Waals surface area contributed by atoms with E-state index >= 15 is 0 Å². The van der Waals surface area contributed by atoms with Gasteiger partial charge in [-0.05, 0) is 47.8 Å². The molecule has 2 aliphatic heterocycles. The summed E-state index contributed by atoms with van der Waals surface area (Å²) in [7, 11) is 2.06. The Labute approximate surface area is 126 Å². The molecule has 106 valence electrons. The van der Waals surface area contributed by atoms with Crippen molar-refractivity contribution in [2.45, 2.75) is 30.9 Å². The molecular formula is C14H20BrNO2S. The average Bonchev–Trinajstić information content (AvgIpc) is 3.01. The fourth-order valence-electron chi connectivity index (χ4n) is 3.32. The second-order valence-electron chi connectivity index (χ2n) is 5.52. The van der Waals surface area contributed by atoms with Gasteiger partial charge in [0.2, 0.25) is 0 Å². The molecule has 5 heteroatoms. The predicted octanol–water partition coefficient (Wildman–Crippen LogP) is 3.36. The number of thiophene rings is 1. The number of halogens is 1. The van der Waals surface area contributed by atoms with Crippen molar-refractivity contribution in [1.82, 2.24) is 5.32 Å². The van der Waals surface area contributed by atoms with Crippen LogP contribution in [0.4, 0.5) is 0 Å². The Morgan fingerprint density at radius 2 is 2.42 bits per heavy atom. The monoisotopic (exact) mass is 345 g/mol. The second kappa shape index (κ2) is 5.82. The molecule has 3 nitrogen and oxygen atoms in total. The van der Waals surface area contributed by atoms with Gasteiger partial charge >= 0.3 is 0 Å². The molecule has 3 heterocycles. The Morgan fingerprint density at radius 3 is 3.05 bits per heavy atom. The third-order valence-electron chi connectivity index (χ3n) is 4.27. The lowest BCUT2D eigenvalue weighted by Crippen LogP contribution is -2.43. The number of nitrogens with one attached hydrogen (secondary N) is 1. The Hall–Kier alpha value is 0.0600. The molecule has 2 aliphatic rings. The minimum atomic E-state index is -0.00743. The average molecular weight is 346 g/mol. The SMILES string of the molecule is CNC(c1cc(Br)cs1)C1CCOC2(CCOC2)C1. The molecule has 0 aliphatic carbocycles. The van der Waals surface area contributed by atoms with Gasteiger partial charge in [-0.25, -0.2) is 0 Å². The Kier molecular flexibility index (Phi) is 4.29. The number of ether oxygens (including phenoxy) is 2. The van der Waals surface area contributed by atoms with Gasteiger partial charge in [0.15, 0.2) is 0 Å². The minimum Gasteiger partial charge on any atom is -0.378 e. The number of hydrogen-bond donors (Lipinski definition) is 1. The molecule has 1 aromatic rings. The van der Waals surface area contributed by atoms with Crippen molar-refractivity contribution in [3.8, 4) is 0 Å². The van der Waals surface area contributed by atoms with Crippen molar-refractivity contribution >= 4 is 27.3 Å². The molecule has 0 radical (unpaired) electrons. The van der Waals surface area contributed by atoms with Crippen molar-refractivity contribution in [2.24, 2.45) is 5.92 Å². The minimum absolute atomic E-state index is 0.00743. The number of hydrogen-bond acceptors (Lipinski definition) is 4. The lowest BCUT2D eigenvalue weighted by atomic mass is 9.80. The summed E-state index contributed by atoms with van der Waals surface area (Å²) in [5, 5.41) is 5.66. The van der Waals surface area contributed by atoms with Crippen molar-refractivity contribution in [3.05, 3.63) is 20.8 Å². The van der Waals surface area contributed by atoms with Crippen LogP contribution in [-0.2, 0) is 9.47 Å². The van der Waals surface area contributed by atoms with E-state index in [1.807, 2.05) is 11.3 Å². The fraction of sp³-hybridized carbons (Fsp3) is 0.714. The molecule has 0 aromatic carbocycles. The molecule has 3 atom stereocenters. The van der Waals surface area contributed by atoms with E-state index in [9.17, 15) is 0 Å². The largest absolute Gasteiger partial charge is 0.378 e. The zero-order chi connectivity index (χ0) is 13.3. The van der Waals surface area contributed by atoms with Gasteiger partial charge in [-0.15, -0.1) is 11.3 Å². The molecule has 0 amide bonds. The van der Waals surface area contributed by atoms with Crippen LogP contribution in [0.2, 0.25) is 0 Å². The summed E-state index contributed by atoms with van der Waals surface area (Å²) in [6.45, 7) is 2.48. The molecule has 2 fully saturated rings. The highest BCUT2D eigenvalue weighted by Gasteiger charge is 2.43. The molecule has 3 rings (SSSR count). The van der Waals surface area contributed by atoms with Crippen LogP contribution in [0.15, 0.2) is 15.9 Å². The first-order chi connectivity index (χ1) is 9.22. The van der Waals surface area contributed by atoms with E-state index in [1.54, 1.807) is 0 Å². The molecular weight excluding hydrogens is 326 g/mol. The molecule has 19 heavy (non-hydrogen) atoms. The summed E-state index contributed by atoms with van der Waals surface area (Å²) >= 11 is 5.38. The zero-order valence-corrected chi connectivity index (χ0v) is 13.6. The molecule has 0 bridgehead atoms. The van der Waals surface area contributed by atoms with Crippen LogP contribution < -0.4 is 5.32 Å².